The zero-order valence-electron chi connectivity index (χ0n) is 8.56. The van der Waals surface area contributed by atoms with Crippen molar-refractivity contribution in [3.05, 3.63) is 40.9 Å². The Morgan fingerprint density at radius 2 is 2.29 bits per heavy atom. The second-order valence-corrected chi connectivity index (χ2v) is 4.41. The van der Waals surface area contributed by atoms with Crippen LogP contribution in [0.15, 0.2) is 29.3 Å². The number of nitrogens with zero attached hydrogens (tertiary/aromatic N) is 4. The van der Waals surface area contributed by atoms with Gasteiger partial charge in [0, 0.05) is 6.07 Å². The van der Waals surface area contributed by atoms with E-state index in [1.54, 1.807) is 17.1 Å². The van der Waals surface area contributed by atoms with Gasteiger partial charge >= 0.3 is 0 Å². The molecule has 2 heterocycles. The smallest absolute Gasteiger partial charge is 0.139 e. The summed E-state index contributed by atoms with van der Waals surface area (Å²) in [5, 5.41) is 3.98. The van der Waals surface area contributed by atoms with Crippen LogP contribution in [0.2, 0.25) is 0 Å². The molecule has 1 N–H and O–H groups in total. The summed E-state index contributed by atoms with van der Waals surface area (Å²) in [5.41, 5.74) is 1.38. The Kier molecular flexibility index (Phi) is 2.40. The van der Waals surface area contributed by atoms with E-state index >= 15 is 0 Å². The average Bonchev–Trinajstić information content (AvgIpc) is 2.89. The summed E-state index contributed by atoms with van der Waals surface area (Å²) in [6.45, 7) is 0.480. The Morgan fingerprint density at radius 1 is 1.41 bits per heavy atom. The highest BCUT2D eigenvalue weighted by Crippen LogP contribution is 2.21. The zero-order valence-corrected chi connectivity index (χ0v) is 10.1. The van der Waals surface area contributed by atoms with E-state index in [-0.39, 0.29) is 5.82 Å². The van der Waals surface area contributed by atoms with Gasteiger partial charge in [0.2, 0.25) is 0 Å². The normalized spacial score (nSPS) is 11.2. The number of rotatable bonds is 2. The fourth-order valence-corrected chi connectivity index (χ4v) is 1.93. The SMILES string of the molecule is Fc1cc2[nH]c(Cn3cncn3)nc2cc1Br. The van der Waals surface area contributed by atoms with Crippen LogP contribution in [0.3, 0.4) is 0 Å². The van der Waals surface area contributed by atoms with Gasteiger partial charge in [0.05, 0.1) is 15.5 Å². The zero-order chi connectivity index (χ0) is 11.8. The molecular formula is C10H7BrFN5. The molecule has 0 fully saturated rings. The highest BCUT2D eigenvalue weighted by molar-refractivity contribution is 9.10. The van der Waals surface area contributed by atoms with E-state index in [4.69, 9.17) is 0 Å². The lowest BCUT2D eigenvalue weighted by molar-refractivity contribution is 0.623. The van der Waals surface area contributed by atoms with Crippen molar-refractivity contribution < 1.29 is 4.39 Å². The van der Waals surface area contributed by atoms with Crippen LogP contribution in [0.1, 0.15) is 5.82 Å². The van der Waals surface area contributed by atoms with Gasteiger partial charge in [-0.15, -0.1) is 0 Å². The van der Waals surface area contributed by atoms with Crippen LogP contribution < -0.4 is 0 Å². The molecule has 0 saturated heterocycles. The lowest BCUT2D eigenvalue weighted by Crippen LogP contribution is -2.01. The largest absolute Gasteiger partial charge is 0.340 e. The predicted molar refractivity (Wildman–Crippen MR) is 62.9 cm³/mol. The molecule has 0 spiro atoms. The van der Waals surface area contributed by atoms with Crippen LogP contribution in [0.4, 0.5) is 4.39 Å². The number of imidazole rings is 1. The highest BCUT2D eigenvalue weighted by atomic mass is 79.9. The first-order chi connectivity index (χ1) is 8.22. The molecule has 0 aliphatic carbocycles. The molecule has 5 nitrogen and oxygen atoms in total. The van der Waals surface area contributed by atoms with E-state index in [0.29, 0.717) is 27.9 Å². The van der Waals surface area contributed by atoms with Crippen molar-refractivity contribution in [1.29, 1.82) is 0 Å². The molecule has 0 unspecified atom stereocenters. The molecule has 0 saturated carbocycles. The lowest BCUT2D eigenvalue weighted by Gasteiger charge is -1.94. The van der Waals surface area contributed by atoms with Gasteiger partial charge in [-0.1, -0.05) is 0 Å². The first kappa shape index (κ1) is 10.4. The maximum atomic E-state index is 13.3. The third kappa shape index (κ3) is 1.93. The van der Waals surface area contributed by atoms with Crippen molar-refractivity contribution in [1.82, 2.24) is 24.7 Å². The minimum Gasteiger partial charge on any atom is -0.340 e. The van der Waals surface area contributed by atoms with E-state index in [1.807, 2.05) is 0 Å². The molecule has 2 aromatic heterocycles. The number of aromatic nitrogens is 5. The molecule has 7 heteroatoms. The van der Waals surface area contributed by atoms with Crippen molar-refractivity contribution in [2.24, 2.45) is 0 Å². The number of benzene rings is 1. The fraction of sp³-hybridized carbons (Fsp3) is 0.100. The standard InChI is InChI=1S/C10H7BrFN5/c11-6-1-8-9(2-7(6)12)16-10(15-8)3-17-5-13-4-14-17/h1-2,4-5H,3H2,(H,15,16). The maximum Gasteiger partial charge on any atom is 0.139 e. The average molecular weight is 296 g/mol. The topological polar surface area (TPSA) is 59.4 Å². The summed E-state index contributed by atoms with van der Waals surface area (Å²) in [7, 11) is 0. The van der Waals surface area contributed by atoms with Gasteiger partial charge in [-0.25, -0.2) is 19.0 Å². The Morgan fingerprint density at radius 3 is 3.06 bits per heavy atom. The Balaban J connectivity index is 2.02. The Hall–Kier alpha value is -1.76. The number of nitrogens with one attached hydrogen (secondary N) is 1. The van der Waals surface area contributed by atoms with Gasteiger partial charge in [0.1, 0.15) is 30.8 Å². The molecule has 86 valence electrons. The van der Waals surface area contributed by atoms with Gasteiger partial charge in [0.15, 0.2) is 0 Å². The van der Waals surface area contributed by atoms with E-state index in [0.717, 1.165) is 0 Å². The number of halogens is 2. The summed E-state index contributed by atoms with van der Waals surface area (Å²) in [4.78, 5) is 11.2. The van der Waals surface area contributed by atoms with E-state index in [9.17, 15) is 4.39 Å². The number of H-pyrrole nitrogens is 1. The number of hydrogen-bond donors (Lipinski definition) is 1. The molecule has 0 aliphatic rings. The van der Waals surface area contributed by atoms with Gasteiger partial charge in [-0.3, -0.25) is 0 Å². The monoisotopic (exact) mass is 295 g/mol. The van der Waals surface area contributed by atoms with Crippen molar-refractivity contribution in [3.8, 4) is 0 Å². The molecule has 0 amide bonds. The van der Waals surface area contributed by atoms with Crippen LogP contribution in [0, 0.1) is 5.82 Å². The second kappa shape index (κ2) is 3.92. The van der Waals surface area contributed by atoms with E-state index in [2.05, 4.69) is 36.0 Å². The highest BCUT2D eigenvalue weighted by Gasteiger charge is 2.07. The third-order valence-corrected chi connectivity index (χ3v) is 2.96. The van der Waals surface area contributed by atoms with Gasteiger partial charge in [-0.05, 0) is 22.0 Å². The molecule has 3 rings (SSSR count). The van der Waals surface area contributed by atoms with Crippen LogP contribution >= 0.6 is 15.9 Å². The molecule has 0 atom stereocenters. The molecule has 3 aromatic rings. The van der Waals surface area contributed by atoms with Crippen LogP contribution in [-0.4, -0.2) is 24.7 Å². The van der Waals surface area contributed by atoms with Crippen LogP contribution in [0.5, 0.6) is 0 Å². The molecular weight excluding hydrogens is 289 g/mol. The van der Waals surface area contributed by atoms with Gasteiger partial charge in [0.25, 0.3) is 0 Å². The van der Waals surface area contributed by atoms with Crippen molar-refractivity contribution >= 4 is 27.0 Å². The number of fused-ring (bicyclic) bond motifs is 1. The minimum atomic E-state index is -0.312. The molecule has 0 radical (unpaired) electrons. The fourth-order valence-electron chi connectivity index (χ4n) is 1.60. The quantitative estimate of drug-likeness (QED) is 0.788. The van der Waals surface area contributed by atoms with E-state index < -0.39 is 0 Å². The minimum absolute atomic E-state index is 0.312. The predicted octanol–water partition coefficient (Wildman–Crippen LogP) is 2.10. The second-order valence-electron chi connectivity index (χ2n) is 3.56. The van der Waals surface area contributed by atoms with Crippen LogP contribution in [-0.2, 0) is 6.54 Å². The van der Waals surface area contributed by atoms with Crippen LogP contribution in [0.25, 0.3) is 11.0 Å². The molecule has 1 aromatic carbocycles. The van der Waals surface area contributed by atoms with Gasteiger partial charge in [-0.2, -0.15) is 5.10 Å². The summed E-state index contributed by atoms with van der Waals surface area (Å²) in [5.74, 6) is 0.399. The Labute approximate surface area is 104 Å². The van der Waals surface area contributed by atoms with E-state index in [1.165, 1.54) is 12.4 Å². The van der Waals surface area contributed by atoms with Crippen molar-refractivity contribution in [2.75, 3.05) is 0 Å². The third-order valence-electron chi connectivity index (χ3n) is 2.35. The first-order valence-corrected chi connectivity index (χ1v) is 5.68. The lowest BCUT2D eigenvalue weighted by atomic mass is 10.3. The van der Waals surface area contributed by atoms with Crippen molar-refractivity contribution in [3.63, 3.8) is 0 Å². The summed E-state index contributed by atoms with van der Waals surface area (Å²) < 4.78 is 15.4. The number of hydrogen-bond acceptors (Lipinski definition) is 3. The van der Waals surface area contributed by atoms with Gasteiger partial charge < -0.3 is 4.98 Å². The molecule has 17 heavy (non-hydrogen) atoms. The molecule has 0 aliphatic heterocycles. The summed E-state index contributed by atoms with van der Waals surface area (Å²) in [6, 6.07) is 3.06. The summed E-state index contributed by atoms with van der Waals surface area (Å²) in [6.07, 6.45) is 3.06. The summed E-state index contributed by atoms with van der Waals surface area (Å²) >= 11 is 3.13. The maximum absolute atomic E-state index is 13.3. The number of aromatic amines is 1. The first-order valence-electron chi connectivity index (χ1n) is 4.88. The van der Waals surface area contributed by atoms with Crippen molar-refractivity contribution in [2.45, 2.75) is 6.54 Å². The molecule has 0 bridgehead atoms. The Bertz CT molecular complexity index is 622.